The number of anilines is 1. The Hall–Kier alpha value is -3.63. The molecular weight excluding hydrogens is 464 g/mol. The molecule has 1 N–H and O–H groups in total. The zero-order chi connectivity index (χ0) is 23.2. The molecule has 4 aromatic rings. The van der Waals surface area contributed by atoms with Gasteiger partial charge in [0.1, 0.15) is 16.5 Å². The number of esters is 1. The normalized spacial score (nSPS) is 10.6. The van der Waals surface area contributed by atoms with Gasteiger partial charge in [-0.05, 0) is 49.4 Å². The minimum absolute atomic E-state index is 0.0372. The highest BCUT2D eigenvalue weighted by Crippen LogP contribution is 2.34. The fraction of sp³-hybridized carbons (Fsp3) is 0.174. The van der Waals surface area contributed by atoms with Gasteiger partial charge in [0.15, 0.2) is 17.3 Å². The third-order valence-electron chi connectivity index (χ3n) is 4.40. The zero-order valence-corrected chi connectivity index (χ0v) is 19.5. The largest absolute Gasteiger partial charge is 0.493 e. The summed E-state index contributed by atoms with van der Waals surface area (Å²) < 4.78 is 21.4. The summed E-state index contributed by atoms with van der Waals surface area (Å²) in [5.41, 5.74) is 1.52. The first kappa shape index (κ1) is 22.6. The summed E-state index contributed by atoms with van der Waals surface area (Å²) >= 11 is 2.57. The van der Waals surface area contributed by atoms with Crippen LogP contribution in [0, 0.1) is 0 Å². The van der Waals surface area contributed by atoms with Gasteiger partial charge in [-0.1, -0.05) is 0 Å². The van der Waals surface area contributed by atoms with Gasteiger partial charge in [-0.3, -0.25) is 4.79 Å². The molecule has 0 atom stereocenters. The molecule has 3 heterocycles. The summed E-state index contributed by atoms with van der Waals surface area (Å²) in [5.74, 6) is 0.616. The van der Waals surface area contributed by atoms with E-state index in [1.165, 1.54) is 17.6 Å². The number of aromatic nitrogens is 1. The Morgan fingerprint density at radius 2 is 2.03 bits per heavy atom. The van der Waals surface area contributed by atoms with E-state index in [4.69, 9.17) is 18.6 Å². The molecule has 0 aliphatic rings. The highest BCUT2D eigenvalue weighted by atomic mass is 32.1. The highest BCUT2D eigenvalue weighted by Gasteiger charge is 2.16. The first-order valence-electron chi connectivity index (χ1n) is 9.94. The molecule has 170 valence electrons. The Morgan fingerprint density at radius 1 is 1.15 bits per heavy atom. The molecule has 0 saturated carbocycles. The van der Waals surface area contributed by atoms with E-state index in [1.807, 2.05) is 30.5 Å². The second-order valence-electron chi connectivity index (χ2n) is 6.61. The number of ether oxygens (including phenoxy) is 3. The fourth-order valence-electron chi connectivity index (χ4n) is 2.89. The van der Waals surface area contributed by atoms with Crippen LogP contribution in [0.3, 0.4) is 0 Å². The number of benzene rings is 1. The van der Waals surface area contributed by atoms with E-state index in [9.17, 15) is 9.59 Å². The average molecular weight is 485 g/mol. The Kier molecular flexibility index (Phi) is 7.06. The number of methoxy groups -OCH3 is 1. The van der Waals surface area contributed by atoms with Gasteiger partial charge < -0.3 is 23.9 Å². The maximum atomic E-state index is 12.4. The van der Waals surface area contributed by atoms with Crippen molar-refractivity contribution in [1.29, 1.82) is 0 Å². The van der Waals surface area contributed by atoms with Crippen molar-refractivity contribution in [3.8, 4) is 22.1 Å². The summed E-state index contributed by atoms with van der Waals surface area (Å²) in [7, 11) is 1.59. The molecule has 1 amide bonds. The van der Waals surface area contributed by atoms with Gasteiger partial charge in [0, 0.05) is 10.9 Å². The van der Waals surface area contributed by atoms with Gasteiger partial charge in [-0.2, -0.15) is 0 Å². The van der Waals surface area contributed by atoms with Crippen molar-refractivity contribution < 1.29 is 28.2 Å². The monoisotopic (exact) mass is 484 g/mol. The van der Waals surface area contributed by atoms with Gasteiger partial charge in [0.25, 0.3) is 5.91 Å². The first-order valence-corrected chi connectivity index (χ1v) is 11.6. The number of thiophene rings is 1. The molecule has 10 heteroatoms. The lowest BCUT2D eigenvalue weighted by Crippen LogP contribution is -2.09. The number of nitrogens with zero attached hydrogens (tertiary/aromatic N) is 1. The molecule has 0 bridgehead atoms. The van der Waals surface area contributed by atoms with E-state index in [0.717, 1.165) is 21.9 Å². The number of hydrogen-bond donors (Lipinski definition) is 1. The fourth-order valence-corrected chi connectivity index (χ4v) is 4.48. The van der Waals surface area contributed by atoms with Gasteiger partial charge >= 0.3 is 5.97 Å². The van der Waals surface area contributed by atoms with Crippen molar-refractivity contribution in [3.05, 3.63) is 70.4 Å². The topological polar surface area (TPSA) is 99.9 Å². The van der Waals surface area contributed by atoms with Gasteiger partial charge in [0.2, 0.25) is 0 Å². The van der Waals surface area contributed by atoms with Crippen molar-refractivity contribution >= 4 is 39.6 Å². The number of carbonyl (C=O) groups excluding carboxylic acids is 2. The molecular formula is C23H20N2O6S2. The number of amides is 1. The molecule has 0 aliphatic heterocycles. The number of nitrogens with one attached hydrogen (secondary N) is 1. The van der Waals surface area contributed by atoms with Crippen LogP contribution in [-0.2, 0) is 11.3 Å². The van der Waals surface area contributed by atoms with Crippen LogP contribution in [-0.4, -0.2) is 30.6 Å². The number of furan rings is 1. The van der Waals surface area contributed by atoms with Crippen molar-refractivity contribution in [3.63, 3.8) is 0 Å². The van der Waals surface area contributed by atoms with Crippen LogP contribution in [0.5, 0.6) is 11.5 Å². The minimum Gasteiger partial charge on any atom is -0.493 e. The molecule has 3 aromatic heterocycles. The van der Waals surface area contributed by atoms with Crippen LogP contribution < -0.4 is 14.8 Å². The lowest BCUT2D eigenvalue weighted by atomic mass is 10.2. The lowest BCUT2D eigenvalue weighted by Gasteiger charge is -2.09. The molecule has 1 aromatic carbocycles. The molecule has 0 spiro atoms. The second-order valence-corrected chi connectivity index (χ2v) is 8.56. The zero-order valence-electron chi connectivity index (χ0n) is 17.8. The summed E-state index contributed by atoms with van der Waals surface area (Å²) in [6.07, 6.45) is 1.42. The van der Waals surface area contributed by atoms with Gasteiger partial charge in [0.05, 0.1) is 30.7 Å². The quantitative estimate of drug-likeness (QED) is 0.314. The lowest BCUT2D eigenvalue weighted by molar-refractivity contribution is 0.0474. The molecule has 0 fully saturated rings. The van der Waals surface area contributed by atoms with Crippen molar-refractivity contribution in [1.82, 2.24) is 4.98 Å². The van der Waals surface area contributed by atoms with Crippen LogP contribution in [0.1, 0.15) is 32.8 Å². The van der Waals surface area contributed by atoms with Gasteiger partial charge in [-0.25, -0.2) is 9.78 Å². The number of thiazole rings is 1. The van der Waals surface area contributed by atoms with Gasteiger partial charge in [-0.15, -0.1) is 22.7 Å². The summed E-state index contributed by atoms with van der Waals surface area (Å²) in [5, 5.41) is 5.82. The first-order chi connectivity index (χ1) is 16.1. The number of rotatable bonds is 9. The second kappa shape index (κ2) is 10.3. The van der Waals surface area contributed by atoms with Crippen molar-refractivity contribution in [2.75, 3.05) is 19.0 Å². The van der Waals surface area contributed by atoms with Crippen LogP contribution >= 0.6 is 22.7 Å². The Balaban J connectivity index is 1.35. The standard InChI is InChI=1S/C23H20N2O6S2/c1-3-29-16-7-6-14(11-18(16)28-2)22-24-15(13-32-22)12-31-23(27)19-8-9-20(33-19)25-21(26)17-5-4-10-30-17/h4-11,13H,3,12H2,1-2H3,(H,25,26). The highest BCUT2D eigenvalue weighted by molar-refractivity contribution is 7.18. The van der Waals surface area contributed by atoms with E-state index >= 15 is 0 Å². The minimum atomic E-state index is -0.490. The molecule has 0 unspecified atom stereocenters. The van der Waals surface area contributed by atoms with Crippen molar-refractivity contribution in [2.45, 2.75) is 13.5 Å². The number of carbonyl (C=O) groups is 2. The SMILES string of the molecule is CCOc1ccc(-c2nc(COC(=O)c3ccc(NC(=O)c4ccco4)s3)cs2)cc1OC. The third kappa shape index (κ3) is 5.41. The summed E-state index contributed by atoms with van der Waals surface area (Å²) in [4.78, 5) is 29.4. The van der Waals surface area contributed by atoms with E-state index in [-0.39, 0.29) is 18.3 Å². The molecule has 0 aliphatic carbocycles. The summed E-state index contributed by atoms with van der Waals surface area (Å²) in [6, 6.07) is 12.0. The maximum Gasteiger partial charge on any atom is 0.348 e. The van der Waals surface area contributed by atoms with Crippen LogP contribution in [0.4, 0.5) is 5.00 Å². The summed E-state index contributed by atoms with van der Waals surface area (Å²) in [6.45, 7) is 2.50. The van der Waals surface area contributed by atoms with E-state index < -0.39 is 5.97 Å². The Labute approximate surface area is 197 Å². The smallest absolute Gasteiger partial charge is 0.348 e. The Bertz CT molecular complexity index is 1250. The van der Waals surface area contributed by atoms with E-state index in [2.05, 4.69) is 10.3 Å². The predicted molar refractivity (Wildman–Crippen MR) is 125 cm³/mol. The average Bonchev–Trinajstić information content (AvgIpc) is 3.60. The molecule has 33 heavy (non-hydrogen) atoms. The Morgan fingerprint density at radius 3 is 2.79 bits per heavy atom. The predicted octanol–water partition coefficient (Wildman–Crippen LogP) is 5.48. The molecule has 8 nitrogen and oxygen atoms in total. The van der Waals surface area contributed by atoms with E-state index in [0.29, 0.717) is 33.7 Å². The molecule has 0 radical (unpaired) electrons. The maximum absolute atomic E-state index is 12.4. The van der Waals surface area contributed by atoms with Crippen LogP contribution in [0.15, 0.2) is 58.5 Å². The molecule has 4 rings (SSSR count). The third-order valence-corrected chi connectivity index (χ3v) is 6.32. The van der Waals surface area contributed by atoms with Crippen molar-refractivity contribution in [2.24, 2.45) is 0 Å². The van der Waals surface area contributed by atoms with Crippen LogP contribution in [0.2, 0.25) is 0 Å². The molecule has 0 saturated heterocycles. The van der Waals surface area contributed by atoms with Crippen LogP contribution in [0.25, 0.3) is 10.6 Å². The van der Waals surface area contributed by atoms with E-state index in [1.54, 1.807) is 31.4 Å². The number of hydrogen-bond acceptors (Lipinski definition) is 9.